The highest BCUT2D eigenvalue weighted by molar-refractivity contribution is 7.98. The van der Waals surface area contributed by atoms with Gasteiger partial charge in [-0.2, -0.15) is 0 Å². The van der Waals surface area contributed by atoms with Crippen molar-refractivity contribution in [2.24, 2.45) is 0 Å². The van der Waals surface area contributed by atoms with Gasteiger partial charge in [0.25, 0.3) is 5.56 Å². The molecule has 0 spiro atoms. The number of benzene rings is 2. The summed E-state index contributed by atoms with van der Waals surface area (Å²) in [5, 5.41) is 3.96. The zero-order chi connectivity index (χ0) is 19.2. The number of anilines is 1. The maximum absolute atomic E-state index is 12.4. The first-order valence-electron chi connectivity index (χ1n) is 8.33. The predicted molar refractivity (Wildman–Crippen MR) is 109 cm³/mol. The van der Waals surface area contributed by atoms with Crippen molar-refractivity contribution in [3.8, 4) is 0 Å². The Balaban J connectivity index is 1.67. The van der Waals surface area contributed by atoms with Gasteiger partial charge in [0.15, 0.2) is 5.16 Å². The van der Waals surface area contributed by atoms with Crippen LogP contribution in [0.4, 0.5) is 5.69 Å². The van der Waals surface area contributed by atoms with Gasteiger partial charge in [0.2, 0.25) is 5.91 Å². The third-order valence-corrected chi connectivity index (χ3v) is 5.04. The van der Waals surface area contributed by atoms with E-state index < -0.39 is 0 Å². The molecular formula is C20H18ClN3O2S. The molecular weight excluding hydrogens is 382 g/mol. The van der Waals surface area contributed by atoms with Crippen LogP contribution in [-0.2, 0) is 17.0 Å². The third kappa shape index (κ3) is 5.45. The number of aromatic nitrogens is 2. The van der Waals surface area contributed by atoms with E-state index in [-0.39, 0.29) is 17.9 Å². The summed E-state index contributed by atoms with van der Waals surface area (Å²) >= 11 is 7.40. The Morgan fingerprint density at radius 1 is 1.19 bits per heavy atom. The fourth-order valence-electron chi connectivity index (χ4n) is 2.53. The van der Waals surface area contributed by atoms with E-state index >= 15 is 0 Å². The van der Waals surface area contributed by atoms with Crippen molar-refractivity contribution in [2.45, 2.75) is 24.3 Å². The first-order chi connectivity index (χ1) is 13.0. The van der Waals surface area contributed by atoms with E-state index in [1.54, 1.807) is 19.1 Å². The number of thioether (sulfide) groups is 1. The number of halogens is 1. The molecule has 0 bridgehead atoms. The Hall–Kier alpha value is -2.57. The molecule has 3 rings (SSSR count). The van der Waals surface area contributed by atoms with E-state index in [1.807, 2.05) is 42.5 Å². The first-order valence-corrected chi connectivity index (χ1v) is 9.69. The highest BCUT2D eigenvalue weighted by atomic mass is 35.5. The van der Waals surface area contributed by atoms with E-state index in [2.05, 4.69) is 15.3 Å². The Labute approximate surface area is 166 Å². The Morgan fingerprint density at radius 2 is 1.96 bits per heavy atom. The number of aryl methyl sites for hydroxylation is 1. The summed E-state index contributed by atoms with van der Waals surface area (Å²) in [5.41, 5.74) is 2.36. The van der Waals surface area contributed by atoms with Crippen LogP contribution in [-0.4, -0.2) is 15.9 Å². The molecule has 0 saturated heterocycles. The van der Waals surface area contributed by atoms with E-state index in [1.165, 1.54) is 11.8 Å². The lowest BCUT2D eigenvalue weighted by atomic mass is 10.1. The van der Waals surface area contributed by atoms with Crippen molar-refractivity contribution in [1.29, 1.82) is 0 Å². The molecule has 0 fully saturated rings. The molecule has 0 radical (unpaired) electrons. The molecule has 27 heavy (non-hydrogen) atoms. The summed E-state index contributed by atoms with van der Waals surface area (Å²) in [6, 6.07) is 16.7. The number of rotatable bonds is 6. The van der Waals surface area contributed by atoms with Gasteiger partial charge >= 0.3 is 0 Å². The molecule has 0 aliphatic rings. The van der Waals surface area contributed by atoms with Gasteiger partial charge in [-0.15, -0.1) is 0 Å². The molecule has 0 saturated carbocycles. The molecule has 0 atom stereocenters. The number of H-pyrrole nitrogens is 1. The van der Waals surface area contributed by atoms with Gasteiger partial charge in [0.1, 0.15) is 0 Å². The van der Waals surface area contributed by atoms with Crippen molar-refractivity contribution in [2.75, 3.05) is 5.32 Å². The monoisotopic (exact) mass is 399 g/mol. The fraction of sp³-hybridized carbons (Fsp3) is 0.150. The van der Waals surface area contributed by atoms with Crippen molar-refractivity contribution in [3.63, 3.8) is 0 Å². The summed E-state index contributed by atoms with van der Waals surface area (Å²) in [7, 11) is 0. The number of aromatic amines is 1. The molecule has 2 N–H and O–H groups in total. The minimum atomic E-state index is -0.292. The third-order valence-electron chi connectivity index (χ3n) is 3.86. The van der Waals surface area contributed by atoms with E-state index in [4.69, 9.17) is 11.6 Å². The van der Waals surface area contributed by atoms with Gasteiger partial charge in [-0.05, 0) is 36.8 Å². The second-order valence-electron chi connectivity index (χ2n) is 5.94. The quantitative estimate of drug-likeness (QED) is 0.481. The number of hydrogen-bond donors (Lipinski definition) is 2. The van der Waals surface area contributed by atoms with Crippen LogP contribution in [0.2, 0.25) is 5.02 Å². The zero-order valence-corrected chi connectivity index (χ0v) is 16.2. The molecule has 2 aromatic carbocycles. The van der Waals surface area contributed by atoms with Gasteiger partial charge in [0.05, 0.1) is 6.42 Å². The maximum Gasteiger partial charge on any atom is 0.255 e. The lowest BCUT2D eigenvalue weighted by molar-refractivity contribution is -0.115. The number of para-hydroxylation sites is 1. The first kappa shape index (κ1) is 19.2. The van der Waals surface area contributed by atoms with Crippen LogP contribution in [0.5, 0.6) is 0 Å². The summed E-state index contributed by atoms with van der Waals surface area (Å²) in [5.74, 6) is 0.382. The van der Waals surface area contributed by atoms with Gasteiger partial charge < -0.3 is 10.3 Å². The van der Waals surface area contributed by atoms with Gasteiger partial charge in [-0.25, -0.2) is 4.98 Å². The molecule has 1 heterocycles. The zero-order valence-electron chi connectivity index (χ0n) is 14.7. The minimum Gasteiger partial charge on any atom is -0.326 e. The van der Waals surface area contributed by atoms with Crippen LogP contribution >= 0.6 is 23.4 Å². The number of nitrogens with zero attached hydrogens (tertiary/aromatic N) is 1. The van der Waals surface area contributed by atoms with E-state index in [0.29, 0.717) is 32.9 Å². The highest BCUT2D eigenvalue weighted by Crippen LogP contribution is 2.21. The maximum atomic E-state index is 12.4. The van der Waals surface area contributed by atoms with Gasteiger partial charge in [-0.1, -0.05) is 53.7 Å². The normalized spacial score (nSPS) is 10.6. The lowest BCUT2D eigenvalue weighted by Gasteiger charge is -2.08. The van der Waals surface area contributed by atoms with Crippen molar-refractivity contribution in [1.82, 2.24) is 9.97 Å². The van der Waals surface area contributed by atoms with Crippen molar-refractivity contribution in [3.05, 3.63) is 86.8 Å². The van der Waals surface area contributed by atoms with Crippen LogP contribution in [0.15, 0.2) is 64.5 Å². The van der Waals surface area contributed by atoms with Crippen LogP contribution in [0.3, 0.4) is 0 Å². The van der Waals surface area contributed by atoms with Crippen LogP contribution in [0, 0.1) is 6.92 Å². The average molecular weight is 400 g/mol. The van der Waals surface area contributed by atoms with E-state index in [0.717, 1.165) is 5.56 Å². The summed E-state index contributed by atoms with van der Waals surface area (Å²) < 4.78 is 0. The van der Waals surface area contributed by atoms with Crippen LogP contribution in [0.25, 0.3) is 0 Å². The summed E-state index contributed by atoms with van der Waals surface area (Å²) in [6.45, 7) is 1.74. The fourth-order valence-corrected chi connectivity index (χ4v) is 3.59. The molecule has 7 heteroatoms. The molecule has 0 unspecified atom stereocenters. The van der Waals surface area contributed by atoms with Crippen LogP contribution in [0.1, 0.15) is 16.8 Å². The molecule has 138 valence electrons. The van der Waals surface area contributed by atoms with Crippen molar-refractivity contribution < 1.29 is 4.79 Å². The topological polar surface area (TPSA) is 74.8 Å². The second-order valence-corrected chi connectivity index (χ2v) is 7.35. The van der Waals surface area contributed by atoms with Gasteiger partial charge in [0, 0.05) is 27.7 Å². The molecule has 5 nitrogen and oxygen atoms in total. The molecule has 0 aliphatic heterocycles. The smallest absolute Gasteiger partial charge is 0.255 e. The Kier molecular flexibility index (Phi) is 6.32. The highest BCUT2D eigenvalue weighted by Gasteiger charge is 2.13. The number of hydrogen-bond acceptors (Lipinski definition) is 4. The molecule has 1 aromatic heterocycles. The Bertz CT molecular complexity index is 1010. The second kappa shape index (κ2) is 8.88. The predicted octanol–water partition coefficient (Wildman–Crippen LogP) is 4.21. The number of amides is 1. The van der Waals surface area contributed by atoms with Gasteiger partial charge in [-0.3, -0.25) is 9.59 Å². The summed E-state index contributed by atoms with van der Waals surface area (Å²) in [6.07, 6.45) is -0.0255. The SMILES string of the molecule is Cc1nc(SCc2cccc(Cl)c2)[nH]c(=O)c1CC(=O)Nc1ccccc1. The van der Waals surface area contributed by atoms with Crippen molar-refractivity contribution >= 4 is 35.0 Å². The Morgan fingerprint density at radius 3 is 2.67 bits per heavy atom. The standard InChI is InChI=1S/C20H18ClN3O2S/c1-13-17(11-18(25)23-16-8-3-2-4-9-16)19(26)24-20(22-13)27-12-14-6-5-7-15(21)10-14/h2-10H,11-12H2,1H3,(H,23,25)(H,22,24,26). The molecule has 1 amide bonds. The summed E-state index contributed by atoms with van der Waals surface area (Å²) in [4.78, 5) is 31.8. The number of carbonyl (C=O) groups is 1. The van der Waals surface area contributed by atoms with Crippen LogP contribution < -0.4 is 10.9 Å². The van der Waals surface area contributed by atoms with E-state index in [9.17, 15) is 9.59 Å². The average Bonchev–Trinajstić information content (AvgIpc) is 2.64. The number of carbonyl (C=O) groups excluding carboxylic acids is 1. The minimum absolute atomic E-state index is 0.0255. The largest absolute Gasteiger partial charge is 0.326 e. The number of nitrogens with one attached hydrogen (secondary N) is 2. The lowest BCUT2D eigenvalue weighted by Crippen LogP contribution is -2.23. The molecule has 0 aliphatic carbocycles. The molecule has 3 aromatic rings.